The molecule has 0 saturated carbocycles. The maximum atomic E-state index is 13.2. The molecular weight excluding hydrogens is 460 g/mol. The molecule has 0 heterocycles. The summed E-state index contributed by atoms with van der Waals surface area (Å²) in [7, 11) is 3.11. The molecule has 4 rings (SSSR count). The van der Waals surface area contributed by atoms with Gasteiger partial charge in [-0.05, 0) is 42.0 Å². The van der Waals surface area contributed by atoms with Crippen molar-refractivity contribution in [2.75, 3.05) is 24.7 Å². The van der Waals surface area contributed by atoms with E-state index in [1.54, 1.807) is 20.2 Å². The molecule has 0 bridgehead atoms. The number of hydrogen-bond donors (Lipinski definition) is 4. The number of rotatable bonds is 8. The Kier molecular flexibility index (Phi) is 6.83. The molecule has 0 aliphatic heterocycles. The van der Waals surface area contributed by atoms with Crippen LogP contribution in [0.5, 0.6) is 5.75 Å². The molecule has 2 amide bonds. The van der Waals surface area contributed by atoms with Crippen molar-refractivity contribution in [2.24, 2.45) is 5.92 Å². The highest BCUT2D eigenvalue weighted by Crippen LogP contribution is 2.32. The largest absolute Gasteiger partial charge is 0.505 e. The Morgan fingerprint density at radius 2 is 1.56 bits per heavy atom. The first-order valence-electron chi connectivity index (χ1n) is 11.9. The topological polar surface area (TPSA) is 128 Å². The van der Waals surface area contributed by atoms with Crippen molar-refractivity contribution in [3.05, 3.63) is 79.6 Å². The number of carbonyl (C=O) groups is 2. The molecule has 9 nitrogen and oxygen atoms in total. The normalized spacial score (nSPS) is 13.9. The van der Waals surface area contributed by atoms with Crippen LogP contribution in [0.15, 0.2) is 52.1 Å². The van der Waals surface area contributed by atoms with Crippen molar-refractivity contribution in [2.45, 2.75) is 38.8 Å². The van der Waals surface area contributed by atoms with E-state index < -0.39 is 22.8 Å². The lowest BCUT2D eigenvalue weighted by molar-refractivity contribution is -0.123. The van der Waals surface area contributed by atoms with E-state index >= 15 is 0 Å². The number of nitrogens with zero attached hydrogens (tertiary/aromatic N) is 1. The van der Waals surface area contributed by atoms with Crippen LogP contribution in [0.1, 0.15) is 35.3 Å². The molecule has 0 unspecified atom stereocenters. The van der Waals surface area contributed by atoms with Gasteiger partial charge in [0.1, 0.15) is 17.4 Å². The first-order valence-corrected chi connectivity index (χ1v) is 11.9. The second-order valence-electron chi connectivity index (χ2n) is 9.68. The Hall–Kier alpha value is -4.14. The molecule has 0 fully saturated rings. The van der Waals surface area contributed by atoms with Crippen molar-refractivity contribution < 1.29 is 14.7 Å². The van der Waals surface area contributed by atoms with Crippen LogP contribution in [0.25, 0.3) is 0 Å². The monoisotopic (exact) mass is 490 g/mol. The first kappa shape index (κ1) is 25.0. The van der Waals surface area contributed by atoms with E-state index in [1.807, 2.05) is 26.0 Å². The van der Waals surface area contributed by atoms with Gasteiger partial charge in [0, 0.05) is 20.1 Å². The maximum Gasteiger partial charge on any atom is 0.257 e. The number of amides is 2. The first-order chi connectivity index (χ1) is 17.1. The van der Waals surface area contributed by atoms with Gasteiger partial charge in [-0.2, -0.15) is 0 Å². The van der Waals surface area contributed by atoms with Crippen LogP contribution in [-0.2, 0) is 17.6 Å². The van der Waals surface area contributed by atoms with Gasteiger partial charge in [-0.3, -0.25) is 19.2 Å². The number of fused-ring (bicyclic) bond motifs is 1. The van der Waals surface area contributed by atoms with Crippen LogP contribution < -0.4 is 26.8 Å². The summed E-state index contributed by atoms with van der Waals surface area (Å²) >= 11 is 0. The van der Waals surface area contributed by atoms with Gasteiger partial charge in [-0.15, -0.1) is 0 Å². The SMILES string of the molecule is CC(C)[C@@H](Nc1c(Nc2cccc(C(=O)N(C)C)c2O)c(=O)c1=O)C(=O)NC1Cc2ccccc2C1. The van der Waals surface area contributed by atoms with Gasteiger partial charge in [-0.25, -0.2) is 0 Å². The van der Waals surface area contributed by atoms with Crippen LogP contribution >= 0.6 is 0 Å². The third-order valence-electron chi connectivity index (χ3n) is 6.49. The molecule has 0 saturated heterocycles. The summed E-state index contributed by atoms with van der Waals surface area (Å²) in [6, 6.07) is 11.8. The highest BCUT2D eigenvalue weighted by molar-refractivity contribution is 5.99. The number of benzene rings is 2. The van der Waals surface area contributed by atoms with Gasteiger partial charge in [-0.1, -0.05) is 44.2 Å². The zero-order chi connectivity index (χ0) is 26.1. The van der Waals surface area contributed by atoms with Gasteiger partial charge >= 0.3 is 0 Å². The van der Waals surface area contributed by atoms with E-state index in [0.29, 0.717) is 0 Å². The standard InChI is InChI=1S/C27H30N4O5/c1-14(2)20(26(35)28-17-12-15-8-5-6-9-16(15)13-17)30-22-21(24(33)25(22)34)29-19-11-7-10-18(23(19)32)27(36)31(3)4/h5-11,14,17,20,29-30,32H,12-13H2,1-4H3,(H,28,35)/t20-/m1/s1. The number of para-hydroxylation sites is 1. The summed E-state index contributed by atoms with van der Waals surface area (Å²) in [5.41, 5.74) is 0.979. The third kappa shape index (κ3) is 4.68. The summed E-state index contributed by atoms with van der Waals surface area (Å²) in [5, 5.41) is 19.4. The molecule has 4 N–H and O–H groups in total. The van der Waals surface area contributed by atoms with Crippen molar-refractivity contribution in [3.63, 3.8) is 0 Å². The predicted molar refractivity (Wildman–Crippen MR) is 139 cm³/mol. The van der Waals surface area contributed by atoms with Gasteiger partial charge in [0.15, 0.2) is 5.75 Å². The van der Waals surface area contributed by atoms with Crippen LogP contribution in [0.3, 0.4) is 0 Å². The second-order valence-corrected chi connectivity index (χ2v) is 9.68. The molecule has 1 aliphatic rings. The highest BCUT2D eigenvalue weighted by atomic mass is 16.3. The number of hydrogen-bond acceptors (Lipinski definition) is 7. The zero-order valence-corrected chi connectivity index (χ0v) is 20.7. The van der Waals surface area contributed by atoms with E-state index in [-0.39, 0.29) is 46.2 Å². The average molecular weight is 491 g/mol. The Labute approximate surface area is 208 Å². The zero-order valence-electron chi connectivity index (χ0n) is 20.7. The van der Waals surface area contributed by atoms with Crippen LogP contribution in [0.4, 0.5) is 17.1 Å². The third-order valence-corrected chi connectivity index (χ3v) is 6.49. The van der Waals surface area contributed by atoms with Gasteiger partial charge in [0.25, 0.3) is 16.8 Å². The minimum atomic E-state index is -0.768. The molecule has 9 heteroatoms. The lowest BCUT2D eigenvalue weighted by Crippen LogP contribution is -2.49. The fraction of sp³-hybridized carbons (Fsp3) is 0.333. The van der Waals surface area contributed by atoms with E-state index in [1.165, 1.54) is 28.2 Å². The second kappa shape index (κ2) is 9.85. The van der Waals surface area contributed by atoms with Crippen molar-refractivity contribution >= 4 is 28.9 Å². The summed E-state index contributed by atoms with van der Waals surface area (Å²) in [6.07, 6.45) is 1.47. The van der Waals surface area contributed by atoms with Gasteiger partial charge in [0.05, 0.1) is 11.3 Å². The van der Waals surface area contributed by atoms with Crippen molar-refractivity contribution in [1.82, 2.24) is 10.2 Å². The Morgan fingerprint density at radius 3 is 2.14 bits per heavy atom. The lowest BCUT2D eigenvalue weighted by atomic mass is 10.0. The molecule has 0 spiro atoms. The van der Waals surface area contributed by atoms with Crippen LogP contribution in [-0.4, -0.2) is 48.0 Å². The fourth-order valence-electron chi connectivity index (χ4n) is 4.48. The molecule has 1 aliphatic carbocycles. The van der Waals surface area contributed by atoms with Crippen molar-refractivity contribution in [3.8, 4) is 5.75 Å². The summed E-state index contributed by atoms with van der Waals surface area (Å²) in [4.78, 5) is 51.6. The van der Waals surface area contributed by atoms with Crippen molar-refractivity contribution in [1.29, 1.82) is 0 Å². The Balaban J connectivity index is 1.52. The smallest absolute Gasteiger partial charge is 0.257 e. The van der Waals surface area contributed by atoms with E-state index in [2.05, 4.69) is 28.1 Å². The number of aromatic hydroxyl groups is 1. The summed E-state index contributed by atoms with van der Waals surface area (Å²) < 4.78 is 0. The van der Waals surface area contributed by atoms with E-state index in [4.69, 9.17) is 0 Å². The molecule has 0 radical (unpaired) electrons. The minimum absolute atomic E-state index is 0.0210. The Morgan fingerprint density at radius 1 is 0.944 bits per heavy atom. The number of carbonyl (C=O) groups excluding carboxylic acids is 2. The molecule has 3 aromatic rings. The number of phenolic OH excluding ortho intramolecular Hbond substituents is 1. The van der Waals surface area contributed by atoms with E-state index in [9.17, 15) is 24.3 Å². The predicted octanol–water partition coefficient (Wildman–Crippen LogP) is 2.15. The molecule has 3 aromatic carbocycles. The van der Waals surface area contributed by atoms with Gasteiger partial charge < -0.3 is 26.0 Å². The minimum Gasteiger partial charge on any atom is -0.505 e. The quantitative estimate of drug-likeness (QED) is 0.281. The fourth-order valence-corrected chi connectivity index (χ4v) is 4.48. The van der Waals surface area contributed by atoms with Crippen LogP contribution in [0, 0.1) is 5.92 Å². The summed E-state index contributed by atoms with van der Waals surface area (Å²) in [5.74, 6) is -1.19. The Bertz CT molecular complexity index is 1360. The van der Waals surface area contributed by atoms with Gasteiger partial charge in [0.2, 0.25) is 5.91 Å². The van der Waals surface area contributed by atoms with Crippen LogP contribution in [0.2, 0.25) is 0 Å². The molecular formula is C27H30N4O5. The lowest BCUT2D eigenvalue weighted by Gasteiger charge is -2.26. The number of phenols is 1. The number of anilines is 3. The molecule has 188 valence electrons. The summed E-state index contributed by atoms with van der Waals surface area (Å²) in [6.45, 7) is 3.70. The molecule has 0 aromatic heterocycles. The highest BCUT2D eigenvalue weighted by Gasteiger charge is 2.31. The maximum absolute atomic E-state index is 13.2. The number of nitrogens with one attached hydrogen (secondary N) is 3. The van der Waals surface area contributed by atoms with E-state index in [0.717, 1.165) is 12.8 Å². The molecule has 1 atom stereocenters. The average Bonchev–Trinajstić information content (AvgIpc) is 3.25. The molecule has 36 heavy (non-hydrogen) atoms.